The average Bonchev–Trinajstić information content (AvgIpc) is 2.59. The van der Waals surface area contributed by atoms with Crippen molar-refractivity contribution >= 4 is 0 Å². The van der Waals surface area contributed by atoms with Crippen LogP contribution in [0.5, 0.6) is 0 Å². The van der Waals surface area contributed by atoms with Crippen molar-refractivity contribution in [2.75, 3.05) is 33.7 Å². The molecule has 0 radical (unpaired) electrons. The predicted octanol–water partition coefficient (Wildman–Crippen LogP) is 1.15. The van der Waals surface area contributed by atoms with Gasteiger partial charge in [0.05, 0.1) is 0 Å². The normalized spacial score (nSPS) is 32.4. The lowest BCUT2D eigenvalue weighted by Gasteiger charge is -2.38. The SMILES string of the molecule is CN1CCC(N(C)C2CNC(C)(C)C2)CC1. The van der Waals surface area contributed by atoms with Crippen molar-refractivity contribution in [2.24, 2.45) is 0 Å². The third-order valence-corrected chi connectivity index (χ3v) is 4.40. The van der Waals surface area contributed by atoms with E-state index in [4.69, 9.17) is 0 Å². The van der Waals surface area contributed by atoms with Crippen LogP contribution in [0, 0.1) is 0 Å². The Balaban J connectivity index is 1.86. The highest BCUT2D eigenvalue weighted by Crippen LogP contribution is 2.25. The second-order valence-electron chi connectivity index (χ2n) is 6.32. The van der Waals surface area contributed by atoms with Gasteiger partial charge >= 0.3 is 0 Å². The Bertz CT molecular complexity index is 231. The molecule has 0 saturated carbocycles. The number of likely N-dealkylation sites (tertiary alicyclic amines) is 1. The lowest BCUT2D eigenvalue weighted by atomic mass is 9.97. The Kier molecular flexibility index (Phi) is 3.57. The Morgan fingerprint density at radius 3 is 2.31 bits per heavy atom. The summed E-state index contributed by atoms with van der Waals surface area (Å²) >= 11 is 0. The molecule has 0 aliphatic carbocycles. The summed E-state index contributed by atoms with van der Waals surface area (Å²) in [4.78, 5) is 5.08. The van der Waals surface area contributed by atoms with Gasteiger partial charge in [-0.25, -0.2) is 0 Å². The van der Waals surface area contributed by atoms with Gasteiger partial charge in [-0.1, -0.05) is 0 Å². The molecule has 0 bridgehead atoms. The lowest BCUT2D eigenvalue weighted by molar-refractivity contribution is 0.111. The molecule has 3 nitrogen and oxygen atoms in total. The van der Waals surface area contributed by atoms with Crippen molar-refractivity contribution in [3.63, 3.8) is 0 Å². The maximum Gasteiger partial charge on any atom is 0.0238 e. The van der Waals surface area contributed by atoms with E-state index < -0.39 is 0 Å². The standard InChI is InChI=1S/C13H27N3/c1-13(2)9-12(10-14-13)16(4)11-5-7-15(3)8-6-11/h11-12,14H,5-10H2,1-4H3. The fourth-order valence-corrected chi connectivity index (χ4v) is 3.12. The zero-order valence-corrected chi connectivity index (χ0v) is 11.3. The highest BCUT2D eigenvalue weighted by Gasteiger charge is 2.35. The van der Waals surface area contributed by atoms with Crippen molar-refractivity contribution in [3.8, 4) is 0 Å². The number of piperidine rings is 1. The van der Waals surface area contributed by atoms with Crippen molar-refractivity contribution < 1.29 is 0 Å². The molecule has 2 rings (SSSR count). The molecule has 0 aromatic heterocycles. The molecule has 1 unspecified atom stereocenters. The second kappa shape index (κ2) is 4.63. The molecular formula is C13H27N3. The number of hydrogen-bond acceptors (Lipinski definition) is 3. The van der Waals surface area contributed by atoms with Crippen LogP contribution in [0.1, 0.15) is 33.1 Å². The molecule has 1 N–H and O–H groups in total. The third-order valence-electron chi connectivity index (χ3n) is 4.40. The monoisotopic (exact) mass is 225 g/mol. The van der Waals surface area contributed by atoms with Crippen LogP contribution in [-0.2, 0) is 0 Å². The van der Waals surface area contributed by atoms with Gasteiger partial charge in [0, 0.05) is 24.2 Å². The third kappa shape index (κ3) is 2.76. The molecule has 1 atom stereocenters. The molecule has 2 fully saturated rings. The van der Waals surface area contributed by atoms with Gasteiger partial charge in [-0.15, -0.1) is 0 Å². The van der Waals surface area contributed by atoms with E-state index in [-0.39, 0.29) is 0 Å². The van der Waals surface area contributed by atoms with Crippen molar-refractivity contribution in [1.29, 1.82) is 0 Å². The van der Waals surface area contributed by atoms with E-state index in [1.807, 2.05) is 0 Å². The van der Waals surface area contributed by atoms with Gasteiger partial charge in [0.2, 0.25) is 0 Å². The zero-order chi connectivity index (χ0) is 11.8. The topological polar surface area (TPSA) is 18.5 Å². The van der Waals surface area contributed by atoms with Crippen LogP contribution >= 0.6 is 0 Å². The molecule has 2 saturated heterocycles. The number of likely N-dealkylation sites (N-methyl/N-ethyl adjacent to an activating group) is 1. The molecule has 2 heterocycles. The van der Waals surface area contributed by atoms with E-state index in [0.717, 1.165) is 18.6 Å². The summed E-state index contributed by atoms with van der Waals surface area (Å²) in [5.74, 6) is 0. The van der Waals surface area contributed by atoms with Gasteiger partial charge in [0.25, 0.3) is 0 Å². The molecule has 0 spiro atoms. The summed E-state index contributed by atoms with van der Waals surface area (Å²) in [6.07, 6.45) is 3.96. The quantitative estimate of drug-likeness (QED) is 0.760. The minimum Gasteiger partial charge on any atom is -0.310 e. The molecule has 94 valence electrons. The van der Waals surface area contributed by atoms with Gasteiger partial charge in [-0.3, -0.25) is 4.90 Å². The van der Waals surface area contributed by atoms with Gasteiger partial charge in [-0.2, -0.15) is 0 Å². The van der Waals surface area contributed by atoms with E-state index >= 15 is 0 Å². The van der Waals surface area contributed by atoms with Crippen LogP contribution in [0.4, 0.5) is 0 Å². The van der Waals surface area contributed by atoms with E-state index in [1.165, 1.54) is 32.4 Å². The Morgan fingerprint density at radius 1 is 1.19 bits per heavy atom. The van der Waals surface area contributed by atoms with E-state index in [1.54, 1.807) is 0 Å². The molecule has 0 aromatic rings. The van der Waals surface area contributed by atoms with Crippen LogP contribution in [0.2, 0.25) is 0 Å². The Hall–Kier alpha value is -0.120. The lowest BCUT2D eigenvalue weighted by Crippen LogP contribution is -2.47. The zero-order valence-electron chi connectivity index (χ0n) is 11.3. The molecule has 16 heavy (non-hydrogen) atoms. The van der Waals surface area contributed by atoms with Crippen molar-refractivity contribution in [3.05, 3.63) is 0 Å². The Labute approximate surface area is 100 Å². The number of rotatable bonds is 2. The summed E-state index contributed by atoms with van der Waals surface area (Å²) in [7, 11) is 4.56. The first kappa shape index (κ1) is 12.3. The van der Waals surface area contributed by atoms with Crippen LogP contribution in [-0.4, -0.2) is 61.2 Å². The summed E-state index contributed by atoms with van der Waals surface area (Å²) in [6, 6.07) is 1.54. The second-order valence-corrected chi connectivity index (χ2v) is 6.32. The van der Waals surface area contributed by atoms with Gasteiger partial charge in [0.1, 0.15) is 0 Å². The van der Waals surface area contributed by atoms with Gasteiger partial charge in [-0.05, 0) is 60.3 Å². The first-order chi connectivity index (χ1) is 7.48. The minimum absolute atomic E-state index is 0.338. The highest BCUT2D eigenvalue weighted by molar-refractivity contribution is 4.95. The molecule has 2 aliphatic heterocycles. The first-order valence-electron chi connectivity index (χ1n) is 6.63. The summed E-state index contributed by atoms with van der Waals surface area (Å²) in [6.45, 7) is 8.32. The van der Waals surface area contributed by atoms with Crippen molar-refractivity contribution in [2.45, 2.75) is 50.7 Å². The highest BCUT2D eigenvalue weighted by atomic mass is 15.2. The number of nitrogens with one attached hydrogen (secondary N) is 1. The van der Waals surface area contributed by atoms with Crippen LogP contribution in [0.15, 0.2) is 0 Å². The van der Waals surface area contributed by atoms with Gasteiger partial charge < -0.3 is 10.2 Å². The maximum atomic E-state index is 3.62. The number of nitrogens with zero attached hydrogens (tertiary/aromatic N) is 2. The van der Waals surface area contributed by atoms with E-state index in [9.17, 15) is 0 Å². The smallest absolute Gasteiger partial charge is 0.0238 e. The number of hydrogen-bond donors (Lipinski definition) is 1. The summed E-state index contributed by atoms with van der Waals surface area (Å²) < 4.78 is 0. The van der Waals surface area contributed by atoms with Crippen LogP contribution in [0.25, 0.3) is 0 Å². The minimum atomic E-state index is 0.338. The van der Waals surface area contributed by atoms with E-state index in [0.29, 0.717) is 5.54 Å². The Morgan fingerprint density at radius 2 is 1.81 bits per heavy atom. The molecule has 0 amide bonds. The molecule has 3 heteroatoms. The predicted molar refractivity (Wildman–Crippen MR) is 68.8 cm³/mol. The van der Waals surface area contributed by atoms with Crippen LogP contribution < -0.4 is 5.32 Å². The van der Waals surface area contributed by atoms with Crippen molar-refractivity contribution in [1.82, 2.24) is 15.1 Å². The summed E-state index contributed by atoms with van der Waals surface area (Å²) in [5, 5.41) is 3.62. The van der Waals surface area contributed by atoms with Gasteiger partial charge in [0.15, 0.2) is 0 Å². The van der Waals surface area contributed by atoms with Crippen LogP contribution in [0.3, 0.4) is 0 Å². The average molecular weight is 225 g/mol. The molecular weight excluding hydrogens is 198 g/mol. The maximum absolute atomic E-state index is 3.62. The first-order valence-corrected chi connectivity index (χ1v) is 6.63. The fourth-order valence-electron chi connectivity index (χ4n) is 3.12. The fraction of sp³-hybridized carbons (Fsp3) is 1.00. The largest absolute Gasteiger partial charge is 0.310 e. The molecule has 0 aromatic carbocycles. The molecule has 2 aliphatic rings. The van der Waals surface area contributed by atoms with E-state index in [2.05, 4.69) is 43.1 Å². The summed E-state index contributed by atoms with van der Waals surface area (Å²) in [5.41, 5.74) is 0.338.